The molecule has 0 saturated carbocycles. The van der Waals surface area contributed by atoms with Crippen LogP contribution in [0.15, 0.2) is 160 Å². The van der Waals surface area contributed by atoms with Crippen LogP contribution in [-0.2, 0) is 5.41 Å². The first kappa shape index (κ1) is 34.9. The average Bonchev–Trinajstić information content (AvgIpc) is 3.69. The zero-order valence-corrected chi connectivity index (χ0v) is 31.7. The Labute approximate surface area is 318 Å². The van der Waals surface area contributed by atoms with Crippen LogP contribution < -0.4 is 0 Å². The molecule has 2 nitrogen and oxygen atoms in total. The lowest BCUT2D eigenvalue weighted by Crippen LogP contribution is -2.38. The van der Waals surface area contributed by atoms with Crippen molar-refractivity contribution in [1.29, 1.82) is 0 Å². The number of ketones is 1. The predicted molar refractivity (Wildman–Crippen MR) is 227 cm³/mol. The number of carbonyl (C=O) groups is 1. The van der Waals surface area contributed by atoms with Gasteiger partial charge in [0.1, 0.15) is 11.2 Å². The smallest absolute Gasteiger partial charge is 0.193 e. The van der Waals surface area contributed by atoms with Crippen LogP contribution in [0.25, 0.3) is 49.8 Å². The first-order valence-corrected chi connectivity index (χ1v) is 19.0. The zero-order chi connectivity index (χ0) is 37.6. The molecule has 54 heavy (non-hydrogen) atoms. The Morgan fingerprint density at radius 2 is 1.56 bits per heavy atom. The van der Waals surface area contributed by atoms with Gasteiger partial charge in [0.05, 0.1) is 5.41 Å². The summed E-state index contributed by atoms with van der Waals surface area (Å²) in [7, 11) is 0. The molecule has 264 valence electrons. The number of rotatable bonds is 8. The number of allylic oxidation sites excluding steroid dienone is 10. The first-order valence-electron chi connectivity index (χ1n) is 19.0. The van der Waals surface area contributed by atoms with Gasteiger partial charge in [0.25, 0.3) is 0 Å². The Hall–Kier alpha value is -6.17. The molecule has 1 aromatic heterocycles. The molecule has 6 aromatic rings. The highest BCUT2D eigenvalue weighted by atomic mass is 16.3. The van der Waals surface area contributed by atoms with Crippen molar-refractivity contribution in [2.75, 3.05) is 0 Å². The molecule has 2 aliphatic carbocycles. The van der Waals surface area contributed by atoms with Gasteiger partial charge >= 0.3 is 0 Å². The molecule has 5 aromatic carbocycles. The van der Waals surface area contributed by atoms with Crippen molar-refractivity contribution < 1.29 is 9.21 Å². The Morgan fingerprint density at radius 1 is 0.778 bits per heavy atom. The van der Waals surface area contributed by atoms with Gasteiger partial charge in [-0.2, -0.15) is 0 Å². The highest BCUT2D eigenvalue weighted by Crippen LogP contribution is 2.59. The van der Waals surface area contributed by atoms with Crippen LogP contribution in [0.5, 0.6) is 0 Å². The number of hydrogen-bond acceptors (Lipinski definition) is 2. The van der Waals surface area contributed by atoms with Gasteiger partial charge in [-0.3, -0.25) is 4.79 Å². The van der Waals surface area contributed by atoms with E-state index in [4.69, 9.17) is 10.8 Å². The van der Waals surface area contributed by atoms with E-state index in [0.29, 0.717) is 6.42 Å². The molecular weight excluding hydrogens is 657 g/mol. The molecule has 0 amide bonds. The largest absolute Gasteiger partial charge is 0.455 e. The zero-order valence-electron chi connectivity index (χ0n) is 31.7. The molecule has 0 bridgehead atoms. The number of carbonyl (C=O) groups excluding carboxylic acids is 1. The van der Waals surface area contributed by atoms with Crippen molar-refractivity contribution in [3.63, 3.8) is 0 Å². The number of terminal acetylenes is 1. The molecule has 0 saturated heterocycles. The second-order valence-electron chi connectivity index (χ2n) is 14.4. The van der Waals surface area contributed by atoms with Gasteiger partial charge < -0.3 is 4.42 Å². The lowest BCUT2D eigenvalue weighted by Gasteiger charge is -2.42. The fourth-order valence-corrected chi connectivity index (χ4v) is 8.97. The Balaban J connectivity index is 1.41. The molecule has 2 aliphatic rings. The summed E-state index contributed by atoms with van der Waals surface area (Å²) >= 11 is 0. The van der Waals surface area contributed by atoms with Gasteiger partial charge in [-0.25, -0.2) is 0 Å². The van der Waals surface area contributed by atoms with Gasteiger partial charge in [0, 0.05) is 33.9 Å². The molecule has 0 N–H and O–H groups in total. The minimum atomic E-state index is -0.688. The van der Waals surface area contributed by atoms with Crippen molar-refractivity contribution in [3.8, 4) is 34.6 Å². The molecule has 2 heteroatoms. The van der Waals surface area contributed by atoms with E-state index in [0.717, 1.165) is 84.9 Å². The van der Waals surface area contributed by atoms with Gasteiger partial charge in [0.2, 0.25) is 0 Å². The van der Waals surface area contributed by atoms with Crippen LogP contribution in [0.4, 0.5) is 0 Å². The topological polar surface area (TPSA) is 30.2 Å². The summed E-state index contributed by atoms with van der Waals surface area (Å²) in [5.41, 5.74) is 15.9. The standard InChI is InChI=1S/C52H44O2/c1-7-11-23-45-33(5)34(6)46(24-12-8-2)52(45)47-29-27-39(40-21-16-22-42-41-20-13-14-25-49(41)54-51(40)42)31-44(47)50(53)43-28-26-38(32-48(43)52)37-19-15-18-36(30-37)35(10-4)17-9-3/h1,9-10,12-22,24-32H,8,11,23H2,2-6H3/b17-9-,24-12-,35-10+. The molecule has 1 unspecified atom stereocenters. The summed E-state index contributed by atoms with van der Waals surface area (Å²) in [4.78, 5) is 15.0. The second-order valence-corrected chi connectivity index (χ2v) is 14.4. The van der Waals surface area contributed by atoms with Crippen LogP contribution in [0.2, 0.25) is 0 Å². The van der Waals surface area contributed by atoms with Crippen LogP contribution in [0, 0.1) is 12.3 Å². The lowest BCUT2D eigenvalue weighted by molar-refractivity contribution is 0.103. The molecular formula is C52H44O2. The average molecular weight is 701 g/mol. The van der Waals surface area contributed by atoms with E-state index < -0.39 is 5.41 Å². The van der Waals surface area contributed by atoms with Crippen molar-refractivity contribution in [2.45, 2.75) is 59.3 Å². The van der Waals surface area contributed by atoms with E-state index in [1.165, 1.54) is 27.9 Å². The van der Waals surface area contributed by atoms with Gasteiger partial charge in [-0.15, -0.1) is 12.3 Å². The van der Waals surface area contributed by atoms with Crippen LogP contribution >= 0.6 is 0 Å². The minimum absolute atomic E-state index is 0.0335. The van der Waals surface area contributed by atoms with Gasteiger partial charge in [-0.05, 0) is 126 Å². The quantitative estimate of drug-likeness (QED) is 0.117. The number of furan rings is 1. The fourth-order valence-electron chi connectivity index (χ4n) is 8.97. The van der Waals surface area contributed by atoms with Gasteiger partial charge in [-0.1, -0.05) is 116 Å². The summed E-state index contributed by atoms with van der Waals surface area (Å²) in [5, 5.41) is 2.15. The molecule has 1 atom stereocenters. The highest BCUT2D eigenvalue weighted by Gasteiger charge is 2.52. The summed E-state index contributed by atoms with van der Waals surface area (Å²) in [5.74, 6) is 2.97. The summed E-state index contributed by atoms with van der Waals surface area (Å²) < 4.78 is 6.47. The molecule has 0 radical (unpaired) electrons. The van der Waals surface area contributed by atoms with Crippen molar-refractivity contribution in [2.24, 2.45) is 0 Å². The van der Waals surface area contributed by atoms with Crippen LogP contribution in [0.1, 0.15) is 86.5 Å². The number of fused-ring (bicyclic) bond motifs is 7. The third-order valence-corrected chi connectivity index (χ3v) is 11.6. The van der Waals surface area contributed by atoms with E-state index >= 15 is 4.79 Å². The van der Waals surface area contributed by atoms with E-state index in [1.54, 1.807) is 0 Å². The van der Waals surface area contributed by atoms with E-state index in [2.05, 4.69) is 149 Å². The first-order chi connectivity index (χ1) is 26.4. The maximum Gasteiger partial charge on any atom is 0.193 e. The molecule has 0 aliphatic heterocycles. The van der Waals surface area contributed by atoms with E-state index in [9.17, 15) is 0 Å². The van der Waals surface area contributed by atoms with Crippen LogP contribution in [-0.4, -0.2) is 5.78 Å². The van der Waals surface area contributed by atoms with Crippen molar-refractivity contribution in [1.82, 2.24) is 0 Å². The SMILES string of the molecule is C#CCCC1=C(C)C(C)=C(/C=C\CC)C12c1ccc(-c3cccc4c3oc3ccccc34)cc1C(=O)c1ccc(-c3cccc(C(/C=C\C)=C/C)c3)cc12. The number of hydrogen-bond donors (Lipinski definition) is 0. The van der Waals surface area contributed by atoms with Crippen molar-refractivity contribution >= 4 is 33.3 Å². The Bertz CT molecular complexity index is 2710. The van der Waals surface area contributed by atoms with E-state index in [-0.39, 0.29) is 5.78 Å². The summed E-state index contributed by atoms with van der Waals surface area (Å²) in [6, 6.07) is 36.1. The highest BCUT2D eigenvalue weighted by molar-refractivity contribution is 6.16. The van der Waals surface area contributed by atoms with E-state index in [1.807, 2.05) is 25.1 Å². The Morgan fingerprint density at radius 3 is 2.35 bits per heavy atom. The molecule has 1 spiro atoms. The molecule has 0 fully saturated rings. The maximum absolute atomic E-state index is 15.0. The minimum Gasteiger partial charge on any atom is -0.455 e. The van der Waals surface area contributed by atoms with Crippen molar-refractivity contribution in [3.05, 3.63) is 184 Å². The molecule has 1 heterocycles. The second kappa shape index (κ2) is 14.0. The maximum atomic E-state index is 15.0. The number of para-hydroxylation sites is 2. The third-order valence-electron chi connectivity index (χ3n) is 11.6. The fraction of sp³-hybridized carbons (Fsp3) is 0.173. The third kappa shape index (κ3) is 5.30. The molecule has 8 rings (SSSR count). The number of benzene rings is 5. The Kier molecular flexibility index (Phi) is 9.04. The van der Waals surface area contributed by atoms with Gasteiger partial charge in [0.15, 0.2) is 5.78 Å². The summed E-state index contributed by atoms with van der Waals surface area (Å²) in [6.45, 7) is 10.7. The lowest BCUT2D eigenvalue weighted by atomic mass is 9.58. The monoisotopic (exact) mass is 700 g/mol. The predicted octanol–water partition coefficient (Wildman–Crippen LogP) is 13.8. The normalized spacial score (nSPS) is 17.1. The van der Waals surface area contributed by atoms with Crippen LogP contribution in [0.3, 0.4) is 0 Å². The summed E-state index contributed by atoms with van der Waals surface area (Å²) in [6.07, 6.45) is 19.1.